The Hall–Kier alpha value is -2.87. The number of amides is 2. The van der Waals surface area contributed by atoms with Crippen LogP contribution in [0, 0.1) is 0 Å². The summed E-state index contributed by atoms with van der Waals surface area (Å²) in [5, 5.41) is 2.60. The van der Waals surface area contributed by atoms with E-state index in [2.05, 4.69) is 26.1 Å². The summed E-state index contributed by atoms with van der Waals surface area (Å²) in [6.45, 7) is 6.11. The molecule has 1 heterocycles. The lowest BCUT2D eigenvalue weighted by atomic mass is 9.86. The summed E-state index contributed by atoms with van der Waals surface area (Å²) in [6.07, 6.45) is 0. The summed E-state index contributed by atoms with van der Waals surface area (Å²) in [7, 11) is -3.99. The first-order chi connectivity index (χ1) is 13.6. The number of para-hydroxylation sites is 1. The van der Waals surface area contributed by atoms with Crippen molar-refractivity contribution < 1.29 is 22.7 Å². The van der Waals surface area contributed by atoms with Gasteiger partial charge in [-0.2, -0.15) is 0 Å². The average Bonchev–Trinajstić information content (AvgIpc) is 2.86. The highest BCUT2D eigenvalue weighted by Crippen LogP contribution is 2.31. The number of fused-ring (bicyclic) bond motifs is 1. The van der Waals surface area contributed by atoms with Gasteiger partial charge in [0.15, 0.2) is 0 Å². The lowest BCUT2D eigenvalue weighted by molar-refractivity contribution is -0.121. The molecule has 0 radical (unpaired) electrons. The molecule has 7 nitrogen and oxygen atoms in total. The highest BCUT2D eigenvalue weighted by molar-refractivity contribution is 7.90. The van der Waals surface area contributed by atoms with Crippen LogP contribution in [-0.4, -0.2) is 44.2 Å². The SMILES string of the molecule is CC(C)(C)c1ccccc1OCCNC(=O)CN1C(=O)c2ccccc2S1(=O)=O. The minimum atomic E-state index is -3.99. The molecule has 2 aromatic carbocycles. The fraction of sp³-hybridized carbons (Fsp3) is 0.333. The quantitative estimate of drug-likeness (QED) is 0.730. The van der Waals surface area contributed by atoms with Crippen molar-refractivity contribution >= 4 is 21.8 Å². The van der Waals surface area contributed by atoms with Gasteiger partial charge in [0.2, 0.25) is 5.91 Å². The molecule has 0 fully saturated rings. The van der Waals surface area contributed by atoms with E-state index in [0.29, 0.717) is 4.31 Å². The molecule has 3 rings (SSSR count). The Balaban J connectivity index is 1.55. The van der Waals surface area contributed by atoms with Gasteiger partial charge in [0.25, 0.3) is 15.9 Å². The number of nitrogens with zero attached hydrogens (tertiary/aromatic N) is 1. The van der Waals surface area contributed by atoms with Crippen molar-refractivity contribution in [1.82, 2.24) is 9.62 Å². The van der Waals surface area contributed by atoms with Crippen LogP contribution in [0.2, 0.25) is 0 Å². The van der Waals surface area contributed by atoms with Gasteiger partial charge < -0.3 is 10.1 Å². The van der Waals surface area contributed by atoms with Crippen molar-refractivity contribution in [3.05, 3.63) is 59.7 Å². The van der Waals surface area contributed by atoms with Gasteiger partial charge in [-0.15, -0.1) is 0 Å². The van der Waals surface area contributed by atoms with Crippen LogP contribution in [0.1, 0.15) is 36.7 Å². The summed E-state index contributed by atoms with van der Waals surface area (Å²) in [5.74, 6) is -0.518. The average molecular weight is 416 g/mol. The van der Waals surface area contributed by atoms with E-state index in [1.807, 2.05) is 24.3 Å². The van der Waals surface area contributed by atoms with Gasteiger partial charge in [-0.3, -0.25) is 9.59 Å². The van der Waals surface area contributed by atoms with Gasteiger partial charge in [0.05, 0.1) is 12.1 Å². The van der Waals surface area contributed by atoms with Crippen LogP contribution in [0.5, 0.6) is 5.75 Å². The Labute approximate surface area is 170 Å². The minimum absolute atomic E-state index is 0.0695. The third kappa shape index (κ3) is 4.27. The molecule has 0 spiro atoms. The van der Waals surface area contributed by atoms with Gasteiger partial charge in [-0.25, -0.2) is 12.7 Å². The van der Waals surface area contributed by atoms with E-state index in [1.54, 1.807) is 12.1 Å². The molecule has 0 bridgehead atoms. The summed E-state index contributed by atoms with van der Waals surface area (Å²) in [6, 6.07) is 13.6. The maximum Gasteiger partial charge on any atom is 0.269 e. The number of benzene rings is 2. The monoisotopic (exact) mass is 416 g/mol. The molecule has 0 atom stereocenters. The number of rotatable bonds is 6. The van der Waals surface area contributed by atoms with Crippen molar-refractivity contribution in [1.29, 1.82) is 0 Å². The molecule has 0 aliphatic carbocycles. The van der Waals surface area contributed by atoms with Crippen LogP contribution in [0.15, 0.2) is 53.4 Å². The third-order valence-electron chi connectivity index (χ3n) is 4.58. The summed E-state index contributed by atoms with van der Waals surface area (Å²) < 4.78 is 31.3. The Kier molecular flexibility index (Phi) is 5.66. The van der Waals surface area contributed by atoms with Gasteiger partial charge >= 0.3 is 0 Å². The molecular weight excluding hydrogens is 392 g/mol. The molecular formula is C21H24N2O5S. The molecule has 2 aromatic rings. The normalized spacial score (nSPS) is 15.1. The van der Waals surface area contributed by atoms with Crippen LogP contribution in [-0.2, 0) is 20.2 Å². The number of hydrogen-bond donors (Lipinski definition) is 1. The smallest absolute Gasteiger partial charge is 0.269 e. The highest BCUT2D eigenvalue weighted by Gasteiger charge is 2.41. The van der Waals surface area contributed by atoms with E-state index >= 15 is 0 Å². The molecule has 154 valence electrons. The van der Waals surface area contributed by atoms with Crippen LogP contribution in [0.25, 0.3) is 0 Å². The van der Waals surface area contributed by atoms with E-state index in [0.717, 1.165) is 11.3 Å². The Morgan fingerprint density at radius 3 is 2.41 bits per heavy atom. The predicted octanol–water partition coefficient (Wildman–Crippen LogP) is 2.32. The highest BCUT2D eigenvalue weighted by atomic mass is 32.2. The van der Waals surface area contributed by atoms with Crippen molar-refractivity contribution in [2.45, 2.75) is 31.1 Å². The predicted molar refractivity (Wildman–Crippen MR) is 108 cm³/mol. The molecule has 8 heteroatoms. The molecule has 1 N–H and O–H groups in total. The fourth-order valence-electron chi connectivity index (χ4n) is 3.14. The topological polar surface area (TPSA) is 92.8 Å². The first-order valence-electron chi connectivity index (χ1n) is 9.27. The molecule has 2 amide bonds. The third-order valence-corrected chi connectivity index (χ3v) is 6.36. The van der Waals surface area contributed by atoms with Crippen LogP contribution >= 0.6 is 0 Å². The Bertz CT molecular complexity index is 1040. The van der Waals surface area contributed by atoms with E-state index in [4.69, 9.17) is 4.74 Å². The first kappa shape index (κ1) is 20.9. The largest absolute Gasteiger partial charge is 0.491 e. The van der Waals surface area contributed by atoms with E-state index in [1.165, 1.54) is 12.1 Å². The number of ether oxygens (including phenoxy) is 1. The summed E-state index contributed by atoms with van der Waals surface area (Å²) >= 11 is 0. The molecule has 1 aliphatic rings. The Morgan fingerprint density at radius 2 is 1.72 bits per heavy atom. The van der Waals surface area contributed by atoms with Gasteiger partial charge in [0, 0.05) is 0 Å². The van der Waals surface area contributed by atoms with Crippen molar-refractivity contribution in [3.63, 3.8) is 0 Å². The maximum atomic E-state index is 12.5. The maximum absolute atomic E-state index is 12.5. The molecule has 0 saturated carbocycles. The second kappa shape index (κ2) is 7.87. The molecule has 0 aromatic heterocycles. The number of nitrogens with one attached hydrogen (secondary N) is 1. The summed E-state index contributed by atoms with van der Waals surface area (Å²) in [4.78, 5) is 24.5. The zero-order valence-electron chi connectivity index (χ0n) is 16.6. The minimum Gasteiger partial charge on any atom is -0.491 e. The molecule has 1 aliphatic heterocycles. The van der Waals surface area contributed by atoms with Crippen molar-refractivity contribution in [2.24, 2.45) is 0 Å². The first-order valence-corrected chi connectivity index (χ1v) is 10.7. The van der Waals surface area contributed by atoms with Crippen LogP contribution in [0.3, 0.4) is 0 Å². The van der Waals surface area contributed by atoms with Crippen molar-refractivity contribution in [2.75, 3.05) is 19.7 Å². The number of carbonyl (C=O) groups excluding carboxylic acids is 2. The van der Waals surface area contributed by atoms with Gasteiger partial charge in [-0.05, 0) is 29.2 Å². The fourth-order valence-corrected chi connectivity index (χ4v) is 4.66. The van der Waals surface area contributed by atoms with Crippen molar-refractivity contribution in [3.8, 4) is 5.75 Å². The zero-order valence-corrected chi connectivity index (χ0v) is 17.5. The number of hydrogen-bond acceptors (Lipinski definition) is 5. The lowest BCUT2D eigenvalue weighted by Crippen LogP contribution is -2.41. The number of sulfonamides is 1. The number of carbonyl (C=O) groups is 2. The van der Waals surface area contributed by atoms with Crippen LogP contribution < -0.4 is 10.1 Å². The lowest BCUT2D eigenvalue weighted by Gasteiger charge is -2.22. The summed E-state index contributed by atoms with van der Waals surface area (Å²) in [5.41, 5.74) is 1.06. The second-order valence-electron chi connectivity index (χ2n) is 7.76. The molecule has 0 unspecified atom stereocenters. The molecule has 29 heavy (non-hydrogen) atoms. The van der Waals surface area contributed by atoms with E-state index in [9.17, 15) is 18.0 Å². The second-order valence-corrected chi connectivity index (χ2v) is 9.59. The molecule has 0 saturated heterocycles. The van der Waals surface area contributed by atoms with E-state index < -0.39 is 28.4 Å². The van der Waals surface area contributed by atoms with Gasteiger partial charge in [-0.1, -0.05) is 51.1 Å². The Morgan fingerprint density at radius 1 is 1.07 bits per heavy atom. The van der Waals surface area contributed by atoms with E-state index in [-0.39, 0.29) is 29.0 Å². The zero-order chi connectivity index (χ0) is 21.2. The standard InChI is InChI=1S/C21H24N2O5S/c1-21(2,3)16-9-5-6-10-17(16)28-13-12-22-19(24)14-23-20(25)15-8-4-7-11-18(15)29(23,26)27/h4-11H,12-14H2,1-3H3,(H,22,24). The van der Waals surface area contributed by atoms with Crippen LogP contribution in [0.4, 0.5) is 0 Å². The van der Waals surface area contributed by atoms with Gasteiger partial charge in [0.1, 0.15) is 23.8 Å².